The second kappa shape index (κ2) is 12.1. The van der Waals surface area contributed by atoms with E-state index in [2.05, 4.69) is 43.4 Å². The van der Waals surface area contributed by atoms with Crippen molar-refractivity contribution in [2.45, 2.75) is 56.4 Å². The Bertz CT molecular complexity index is 638. The number of nitrogens with one attached hydrogen (secondary N) is 3. The number of hydrogen-bond acceptors (Lipinski definition) is 4. The van der Waals surface area contributed by atoms with Gasteiger partial charge in [-0.05, 0) is 37.1 Å². The third kappa shape index (κ3) is 6.82. The van der Waals surface area contributed by atoms with Gasteiger partial charge in [-0.25, -0.2) is 0 Å². The Morgan fingerprint density at radius 3 is 2.59 bits per heavy atom. The maximum atomic E-state index is 11.6. The number of likely N-dealkylation sites (N-methyl/N-ethyl adjacent to an activating group) is 1. The number of carbonyl (C=O) groups excluding carboxylic acids is 1. The van der Waals surface area contributed by atoms with E-state index in [1.54, 1.807) is 7.05 Å². The lowest BCUT2D eigenvalue weighted by molar-refractivity contribution is -0.122. The average Bonchev–Trinajstić information content (AvgIpc) is 3.28. The number of halogens is 1. The molecule has 1 saturated heterocycles. The Labute approximate surface area is 196 Å². The van der Waals surface area contributed by atoms with Crippen LogP contribution in [-0.2, 0) is 10.2 Å². The normalized spacial score (nSPS) is 20.6. The molecule has 3 rings (SSSR count). The molecule has 3 N–H and O–H groups in total. The highest BCUT2D eigenvalue weighted by atomic mass is 127. The standard InChI is InChI=1S/C21H35N5OS.HI/c1-22-19(27)15-26-12-8-17(9-13-26)25-20(23-2)24-16-21(10-4-3-5-11-21)18-7-6-14-28-18;/h6-7,14,17H,3-5,8-13,15-16H2,1-2H3,(H,22,27)(H2,23,24,25);1H. The third-order valence-electron chi connectivity index (χ3n) is 6.25. The lowest BCUT2D eigenvalue weighted by Gasteiger charge is -2.38. The van der Waals surface area contributed by atoms with Crippen molar-refractivity contribution in [3.8, 4) is 0 Å². The van der Waals surface area contributed by atoms with E-state index in [4.69, 9.17) is 0 Å². The number of guanidine groups is 1. The number of aliphatic imine (C=N–C) groups is 1. The number of likely N-dealkylation sites (tertiary alicyclic amines) is 1. The number of carbonyl (C=O) groups is 1. The molecular formula is C21H36IN5OS. The van der Waals surface area contributed by atoms with Gasteiger partial charge in [0, 0.05) is 50.1 Å². The first kappa shape index (κ1) is 24.4. The second-order valence-electron chi connectivity index (χ2n) is 8.11. The zero-order chi connectivity index (χ0) is 19.8. The Morgan fingerprint density at radius 1 is 1.28 bits per heavy atom. The fourth-order valence-corrected chi connectivity index (χ4v) is 5.46. The molecule has 6 nitrogen and oxygen atoms in total. The molecule has 1 aromatic heterocycles. The maximum Gasteiger partial charge on any atom is 0.233 e. The fourth-order valence-electron chi connectivity index (χ4n) is 4.48. The van der Waals surface area contributed by atoms with Crippen LogP contribution in [0.4, 0.5) is 0 Å². The molecule has 29 heavy (non-hydrogen) atoms. The zero-order valence-electron chi connectivity index (χ0n) is 17.7. The second-order valence-corrected chi connectivity index (χ2v) is 9.06. The van der Waals surface area contributed by atoms with Gasteiger partial charge in [-0.1, -0.05) is 25.3 Å². The Morgan fingerprint density at radius 2 is 2.00 bits per heavy atom. The monoisotopic (exact) mass is 533 g/mol. The lowest BCUT2D eigenvalue weighted by atomic mass is 9.73. The summed E-state index contributed by atoms with van der Waals surface area (Å²) in [6, 6.07) is 4.89. The molecule has 2 heterocycles. The molecule has 1 aromatic rings. The largest absolute Gasteiger partial charge is 0.358 e. The predicted molar refractivity (Wildman–Crippen MR) is 133 cm³/mol. The van der Waals surface area contributed by atoms with E-state index in [1.165, 1.54) is 37.0 Å². The van der Waals surface area contributed by atoms with E-state index in [1.807, 2.05) is 18.4 Å². The van der Waals surface area contributed by atoms with Crippen molar-refractivity contribution >= 4 is 47.2 Å². The van der Waals surface area contributed by atoms with Crippen LogP contribution in [0.3, 0.4) is 0 Å². The van der Waals surface area contributed by atoms with Gasteiger partial charge in [0.15, 0.2) is 5.96 Å². The van der Waals surface area contributed by atoms with Crippen LogP contribution in [0.1, 0.15) is 49.8 Å². The first-order chi connectivity index (χ1) is 13.6. The first-order valence-corrected chi connectivity index (χ1v) is 11.5. The highest BCUT2D eigenvalue weighted by Crippen LogP contribution is 2.41. The van der Waals surface area contributed by atoms with E-state index in [-0.39, 0.29) is 35.3 Å². The summed E-state index contributed by atoms with van der Waals surface area (Å²) in [7, 11) is 3.55. The molecule has 0 bridgehead atoms. The summed E-state index contributed by atoms with van der Waals surface area (Å²) in [4.78, 5) is 19.8. The zero-order valence-corrected chi connectivity index (χ0v) is 20.9. The van der Waals surface area contributed by atoms with Gasteiger partial charge in [-0.2, -0.15) is 0 Å². The summed E-state index contributed by atoms with van der Waals surface area (Å²) in [5.74, 6) is 1.00. The van der Waals surface area contributed by atoms with Crippen molar-refractivity contribution in [2.75, 3.05) is 40.3 Å². The van der Waals surface area contributed by atoms with Gasteiger partial charge in [0.25, 0.3) is 0 Å². The van der Waals surface area contributed by atoms with E-state index < -0.39 is 0 Å². The van der Waals surface area contributed by atoms with Gasteiger partial charge in [0.1, 0.15) is 0 Å². The number of thiophene rings is 1. The van der Waals surface area contributed by atoms with E-state index in [0.717, 1.165) is 38.4 Å². The van der Waals surface area contributed by atoms with Crippen molar-refractivity contribution < 1.29 is 4.79 Å². The first-order valence-electron chi connectivity index (χ1n) is 10.6. The van der Waals surface area contributed by atoms with Gasteiger partial charge in [0.05, 0.1) is 6.54 Å². The number of hydrogen-bond donors (Lipinski definition) is 3. The fraction of sp³-hybridized carbons (Fsp3) is 0.714. The Balaban J connectivity index is 0.00000300. The molecule has 164 valence electrons. The molecule has 1 amide bonds. The van der Waals surface area contributed by atoms with Crippen LogP contribution < -0.4 is 16.0 Å². The van der Waals surface area contributed by atoms with Crippen LogP contribution in [-0.4, -0.2) is 63.1 Å². The summed E-state index contributed by atoms with van der Waals surface area (Å²) in [6.07, 6.45) is 8.58. The Kier molecular flexibility index (Phi) is 10.2. The maximum absolute atomic E-state index is 11.6. The molecule has 0 radical (unpaired) electrons. The molecule has 0 aromatic carbocycles. The summed E-state index contributed by atoms with van der Waals surface area (Å²) < 4.78 is 0. The van der Waals surface area contributed by atoms with Crippen LogP contribution in [0.5, 0.6) is 0 Å². The smallest absolute Gasteiger partial charge is 0.233 e. The molecule has 1 saturated carbocycles. The number of amides is 1. The molecule has 8 heteroatoms. The van der Waals surface area contributed by atoms with Gasteiger partial charge >= 0.3 is 0 Å². The van der Waals surface area contributed by atoms with Crippen LogP contribution in [0.15, 0.2) is 22.5 Å². The topological polar surface area (TPSA) is 68.8 Å². The van der Waals surface area contributed by atoms with Gasteiger partial charge in [-0.3, -0.25) is 14.7 Å². The SMILES string of the molecule is CN=C(NCC1(c2cccs2)CCCCC1)NC1CCN(CC(=O)NC)CC1.I. The van der Waals surface area contributed by atoms with Crippen LogP contribution >= 0.6 is 35.3 Å². The van der Waals surface area contributed by atoms with E-state index in [9.17, 15) is 4.79 Å². The highest BCUT2D eigenvalue weighted by Gasteiger charge is 2.35. The summed E-state index contributed by atoms with van der Waals surface area (Å²) in [5, 5.41) is 12.1. The number of rotatable bonds is 6. The van der Waals surface area contributed by atoms with E-state index in [0.29, 0.717) is 12.6 Å². The minimum atomic E-state index is 0. The predicted octanol–water partition coefficient (Wildman–Crippen LogP) is 2.94. The van der Waals surface area contributed by atoms with Crippen molar-refractivity contribution in [3.05, 3.63) is 22.4 Å². The van der Waals surface area contributed by atoms with Gasteiger partial charge in [-0.15, -0.1) is 35.3 Å². The average molecular weight is 534 g/mol. The molecular weight excluding hydrogens is 497 g/mol. The molecule has 1 aliphatic heterocycles. The van der Waals surface area contributed by atoms with Crippen LogP contribution in [0.25, 0.3) is 0 Å². The number of piperidine rings is 1. The van der Waals surface area contributed by atoms with Crippen LogP contribution in [0.2, 0.25) is 0 Å². The minimum absolute atomic E-state index is 0. The third-order valence-corrected chi connectivity index (χ3v) is 7.36. The summed E-state index contributed by atoms with van der Waals surface area (Å²) in [5.41, 5.74) is 0.251. The van der Waals surface area contributed by atoms with Crippen LogP contribution in [0, 0.1) is 0 Å². The molecule has 2 fully saturated rings. The molecule has 1 aliphatic carbocycles. The molecule has 0 spiro atoms. The highest BCUT2D eigenvalue weighted by molar-refractivity contribution is 14.0. The summed E-state index contributed by atoms with van der Waals surface area (Å²) in [6.45, 7) is 3.34. The molecule has 0 unspecified atom stereocenters. The minimum Gasteiger partial charge on any atom is -0.358 e. The summed E-state index contributed by atoms with van der Waals surface area (Å²) >= 11 is 1.89. The quantitative estimate of drug-likeness (QED) is 0.299. The van der Waals surface area contributed by atoms with Crippen molar-refractivity contribution in [3.63, 3.8) is 0 Å². The van der Waals surface area contributed by atoms with E-state index >= 15 is 0 Å². The molecule has 2 aliphatic rings. The van der Waals surface area contributed by atoms with Crippen molar-refractivity contribution in [1.29, 1.82) is 0 Å². The van der Waals surface area contributed by atoms with Gasteiger partial charge in [0.2, 0.25) is 5.91 Å². The molecule has 0 atom stereocenters. The van der Waals surface area contributed by atoms with Gasteiger partial charge < -0.3 is 16.0 Å². The van der Waals surface area contributed by atoms with Crippen molar-refractivity contribution in [1.82, 2.24) is 20.9 Å². The lowest BCUT2D eigenvalue weighted by Crippen LogP contribution is -2.52. The Hall–Kier alpha value is -0.870. The van der Waals surface area contributed by atoms with Crippen molar-refractivity contribution in [2.24, 2.45) is 4.99 Å². The number of nitrogens with zero attached hydrogens (tertiary/aromatic N) is 2.